The molecule has 1 aromatic heterocycles. The fourth-order valence-electron chi connectivity index (χ4n) is 3.09. The van der Waals surface area contributed by atoms with Gasteiger partial charge in [-0.15, -0.1) is 0 Å². The van der Waals surface area contributed by atoms with Gasteiger partial charge in [-0.2, -0.15) is 0 Å². The molecule has 1 aliphatic heterocycles. The summed E-state index contributed by atoms with van der Waals surface area (Å²) >= 11 is 0. The van der Waals surface area contributed by atoms with Crippen LogP contribution in [0.5, 0.6) is 5.88 Å². The standard InChI is InChI=1S/C19H22FN3O2/c1-25-19-6-5-15(11-21-19)12-23-8-7-17(13-23)22-18(24)10-14-3-2-4-16(20)9-14/h2-6,9,11,17H,7-8,10,12-13H2,1H3,(H,22,24)/t17-/m1/s1. The highest BCUT2D eigenvalue weighted by Gasteiger charge is 2.23. The Bertz CT molecular complexity index is 721. The zero-order chi connectivity index (χ0) is 17.6. The quantitative estimate of drug-likeness (QED) is 0.873. The number of halogens is 1. The van der Waals surface area contributed by atoms with Crippen LogP contribution in [-0.4, -0.2) is 42.0 Å². The van der Waals surface area contributed by atoms with Crippen molar-refractivity contribution < 1.29 is 13.9 Å². The number of benzene rings is 1. The number of carbonyl (C=O) groups excluding carboxylic acids is 1. The Morgan fingerprint density at radius 1 is 1.36 bits per heavy atom. The number of aromatic nitrogens is 1. The third-order valence-electron chi connectivity index (χ3n) is 4.30. The van der Waals surface area contributed by atoms with Crippen molar-refractivity contribution in [1.82, 2.24) is 15.2 Å². The molecule has 0 saturated carbocycles. The van der Waals surface area contributed by atoms with Crippen LogP contribution in [0.25, 0.3) is 0 Å². The van der Waals surface area contributed by atoms with E-state index in [1.54, 1.807) is 19.2 Å². The van der Waals surface area contributed by atoms with Gasteiger partial charge in [0.1, 0.15) is 5.82 Å². The van der Waals surface area contributed by atoms with Crippen LogP contribution in [0.3, 0.4) is 0 Å². The highest BCUT2D eigenvalue weighted by molar-refractivity contribution is 5.78. The molecule has 1 N–H and O–H groups in total. The van der Waals surface area contributed by atoms with Gasteiger partial charge in [-0.25, -0.2) is 9.37 Å². The summed E-state index contributed by atoms with van der Waals surface area (Å²) in [4.78, 5) is 18.6. The number of amides is 1. The molecular weight excluding hydrogens is 321 g/mol. The maximum absolute atomic E-state index is 13.2. The predicted molar refractivity (Wildman–Crippen MR) is 92.7 cm³/mol. The summed E-state index contributed by atoms with van der Waals surface area (Å²) in [5, 5.41) is 3.04. The Kier molecular flexibility index (Phi) is 5.60. The number of ether oxygens (including phenoxy) is 1. The van der Waals surface area contributed by atoms with Crippen molar-refractivity contribution in [2.45, 2.75) is 25.4 Å². The van der Waals surface area contributed by atoms with Gasteiger partial charge in [-0.05, 0) is 29.7 Å². The Labute approximate surface area is 146 Å². The third kappa shape index (κ3) is 5.00. The van der Waals surface area contributed by atoms with Crippen LogP contribution < -0.4 is 10.1 Å². The highest BCUT2D eigenvalue weighted by atomic mass is 19.1. The monoisotopic (exact) mass is 343 g/mol. The first-order valence-electron chi connectivity index (χ1n) is 8.37. The minimum Gasteiger partial charge on any atom is -0.481 e. The molecule has 0 bridgehead atoms. The van der Waals surface area contributed by atoms with E-state index in [9.17, 15) is 9.18 Å². The number of hydrogen-bond donors (Lipinski definition) is 1. The Hall–Kier alpha value is -2.47. The molecule has 2 heterocycles. The van der Waals surface area contributed by atoms with Crippen LogP contribution in [0.2, 0.25) is 0 Å². The topological polar surface area (TPSA) is 54.5 Å². The van der Waals surface area contributed by atoms with Crippen LogP contribution in [0.15, 0.2) is 42.6 Å². The summed E-state index contributed by atoms with van der Waals surface area (Å²) in [6.07, 6.45) is 2.93. The lowest BCUT2D eigenvalue weighted by molar-refractivity contribution is -0.121. The molecule has 1 aromatic carbocycles. The smallest absolute Gasteiger partial charge is 0.224 e. The van der Waals surface area contributed by atoms with E-state index in [-0.39, 0.29) is 24.2 Å². The van der Waals surface area contributed by atoms with Crippen molar-refractivity contribution in [3.05, 3.63) is 59.5 Å². The van der Waals surface area contributed by atoms with E-state index >= 15 is 0 Å². The molecule has 0 spiro atoms. The van der Waals surface area contributed by atoms with Crippen LogP contribution in [0.1, 0.15) is 17.5 Å². The molecular formula is C19H22FN3O2. The van der Waals surface area contributed by atoms with Crippen molar-refractivity contribution in [3.8, 4) is 5.88 Å². The van der Waals surface area contributed by atoms with E-state index in [4.69, 9.17) is 4.74 Å². The first-order valence-corrected chi connectivity index (χ1v) is 8.37. The third-order valence-corrected chi connectivity index (χ3v) is 4.30. The number of hydrogen-bond acceptors (Lipinski definition) is 4. The molecule has 0 aliphatic carbocycles. The summed E-state index contributed by atoms with van der Waals surface area (Å²) in [6, 6.07) is 10.2. The Morgan fingerprint density at radius 3 is 2.96 bits per heavy atom. The van der Waals surface area contributed by atoms with E-state index in [0.29, 0.717) is 11.4 Å². The maximum atomic E-state index is 13.2. The van der Waals surface area contributed by atoms with Gasteiger partial charge in [0, 0.05) is 37.9 Å². The molecule has 1 saturated heterocycles. The first-order chi connectivity index (χ1) is 12.1. The van der Waals surface area contributed by atoms with Crippen LogP contribution >= 0.6 is 0 Å². The summed E-state index contributed by atoms with van der Waals surface area (Å²) in [6.45, 7) is 2.53. The lowest BCUT2D eigenvalue weighted by atomic mass is 10.1. The van der Waals surface area contributed by atoms with Crippen molar-refractivity contribution in [2.75, 3.05) is 20.2 Å². The van der Waals surface area contributed by atoms with Gasteiger partial charge >= 0.3 is 0 Å². The molecule has 5 nitrogen and oxygen atoms in total. The number of nitrogens with zero attached hydrogens (tertiary/aromatic N) is 2. The van der Waals surface area contributed by atoms with E-state index in [1.807, 2.05) is 18.3 Å². The lowest BCUT2D eigenvalue weighted by Crippen LogP contribution is -2.37. The molecule has 1 atom stereocenters. The number of nitrogens with one attached hydrogen (secondary N) is 1. The Morgan fingerprint density at radius 2 is 2.24 bits per heavy atom. The lowest BCUT2D eigenvalue weighted by Gasteiger charge is -2.17. The molecule has 25 heavy (non-hydrogen) atoms. The second kappa shape index (κ2) is 8.07. The number of methoxy groups -OCH3 is 1. The van der Waals surface area contributed by atoms with Crippen LogP contribution in [-0.2, 0) is 17.8 Å². The number of carbonyl (C=O) groups is 1. The molecule has 1 aliphatic rings. The second-order valence-electron chi connectivity index (χ2n) is 6.30. The molecule has 3 rings (SSSR count). The number of pyridine rings is 1. The number of rotatable bonds is 6. The van der Waals surface area contributed by atoms with Gasteiger partial charge in [0.15, 0.2) is 0 Å². The van der Waals surface area contributed by atoms with E-state index in [2.05, 4.69) is 15.2 Å². The average molecular weight is 343 g/mol. The molecule has 2 aromatic rings. The van der Waals surface area contributed by atoms with Crippen molar-refractivity contribution in [2.24, 2.45) is 0 Å². The summed E-state index contributed by atoms with van der Waals surface area (Å²) in [7, 11) is 1.60. The van der Waals surface area contributed by atoms with E-state index < -0.39 is 0 Å². The number of likely N-dealkylation sites (tertiary alicyclic amines) is 1. The zero-order valence-corrected chi connectivity index (χ0v) is 14.2. The molecule has 0 unspecified atom stereocenters. The van der Waals surface area contributed by atoms with Crippen molar-refractivity contribution >= 4 is 5.91 Å². The first kappa shape index (κ1) is 17.4. The molecule has 1 fully saturated rings. The van der Waals surface area contributed by atoms with Gasteiger partial charge in [0.05, 0.1) is 13.5 Å². The summed E-state index contributed by atoms with van der Waals surface area (Å²) < 4.78 is 18.2. The normalized spacial score (nSPS) is 17.4. The largest absolute Gasteiger partial charge is 0.481 e. The minimum atomic E-state index is -0.314. The van der Waals surface area contributed by atoms with Gasteiger partial charge < -0.3 is 10.1 Å². The molecule has 1 amide bonds. The highest BCUT2D eigenvalue weighted by Crippen LogP contribution is 2.15. The molecule has 6 heteroatoms. The fourth-order valence-corrected chi connectivity index (χ4v) is 3.09. The van der Waals surface area contributed by atoms with E-state index in [0.717, 1.165) is 31.6 Å². The minimum absolute atomic E-state index is 0.0661. The van der Waals surface area contributed by atoms with Crippen LogP contribution in [0.4, 0.5) is 4.39 Å². The molecule has 0 radical (unpaired) electrons. The van der Waals surface area contributed by atoms with Gasteiger partial charge in [-0.1, -0.05) is 18.2 Å². The SMILES string of the molecule is COc1ccc(CN2CC[C@@H](NC(=O)Cc3cccc(F)c3)C2)cn1. The van der Waals surface area contributed by atoms with Gasteiger partial charge in [-0.3, -0.25) is 9.69 Å². The maximum Gasteiger partial charge on any atom is 0.224 e. The summed E-state index contributed by atoms with van der Waals surface area (Å²) in [5.74, 6) is 0.224. The predicted octanol–water partition coefficient (Wildman–Crippen LogP) is 2.16. The van der Waals surface area contributed by atoms with Gasteiger partial charge in [0.2, 0.25) is 11.8 Å². The van der Waals surface area contributed by atoms with Crippen molar-refractivity contribution in [3.63, 3.8) is 0 Å². The van der Waals surface area contributed by atoms with Crippen LogP contribution in [0, 0.1) is 5.82 Å². The van der Waals surface area contributed by atoms with Gasteiger partial charge in [0.25, 0.3) is 0 Å². The average Bonchev–Trinajstić information content (AvgIpc) is 3.02. The molecule has 132 valence electrons. The second-order valence-corrected chi connectivity index (χ2v) is 6.30. The van der Waals surface area contributed by atoms with E-state index in [1.165, 1.54) is 12.1 Å². The fraction of sp³-hybridized carbons (Fsp3) is 0.368. The summed E-state index contributed by atoms with van der Waals surface area (Å²) in [5.41, 5.74) is 1.81. The van der Waals surface area contributed by atoms with Crippen molar-refractivity contribution in [1.29, 1.82) is 0 Å². The zero-order valence-electron chi connectivity index (χ0n) is 14.2. The Balaban J connectivity index is 1.46.